The molecule has 3 fully saturated rings. The van der Waals surface area contributed by atoms with Gasteiger partial charge in [0, 0.05) is 30.2 Å². The third-order valence-corrected chi connectivity index (χ3v) is 9.85. The monoisotopic (exact) mass is 652 g/mol. The average Bonchev–Trinajstić information content (AvgIpc) is 3.50. The fourth-order valence-electron chi connectivity index (χ4n) is 7.90. The first-order valence-corrected chi connectivity index (χ1v) is 15.4. The van der Waals surface area contributed by atoms with Crippen LogP contribution in [0.3, 0.4) is 0 Å². The molecule has 4 amide bonds. The van der Waals surface area contributed by atoms with Gasteiger partial charge in [0.15, 0.2) is 0 Å². The van der Waals surface area contributed by atoms with Gasteiger partial charge in [-0.1, -0.05) is 35.9 Å². The Morgan fingerprint density at radius 1 is 0.729 bits per heavy atom. The third-order valence-electron chi connectivity index (χ3n) is 9.85. The number of nitro benzene ring substituents is 2. The van der Waals surface area contributed by atoms with Gasteiger partial charge in [-0.2, -0.15) is 0 Å². The molecular weight excluding hydrogens is 624 g/mol. The van der Waals surface area contributed by atoms with E-state index in [1.54, 1.807) is 24.3 Å². The van der Waals surface area contributed by atoms with Gasteiger partial charge < -0.3 is 9.84 Å². The van der Waals surface area contributed by atoms with Gasteiger partial charge in [0.05, 0.1) is 51.5 Å². The molecule has 6 atom stereocenters. The largest absolute Gasteiger partial charge is 0.491 e. The van der Waals surface area contributed by atoms with Crippen LogP contribution in [0.5, 0.6) is 5.75 Å². The van der Waals surface area contributed by atoms with Crippen LogP contribution in [0.15, 0.2) is 84.4 Å². The number of hydrogen-bond acceptors (Lipinski definition) is 10. The van der Waals surface area contributed by atoms with Crippen molar-refractivity contribution < 1.29 is 38.9 Å². The van der Waals surface area contributed by atoms with Gasteiger partial charge >= 0.3 is 0 Å². The Morgan fingerprint density at radius 2 is 1.29 bits per heavy atom. The molecule has 2 saturated heterocycles. The number of anilines is 2. The van der Waals surface area contributed by atoms with Gasteiger partial charge in [0.1, 0.15) is 12.4 Å². The molecule has 1 saturated carbocycles. The van der Waals surface area contributed by atoms with E-state index in [-0.39, 0.29) is 48.8 Å². The standard InChI is InChI=1S/C34H28N4O10/c39-13-14-48-23-9-7-18(8-10-23)28-24-11-12-25-29(33(42)35(31(25)40)19-3-1-5-21(15-19)37(44)45)26(24)17-27-30(28)34(43)36(32(27)41)20-4-2-6-22(16-20)38(46)47/h1-11,15-16,25-30,39H,12-14,17H2. The Labute approximate surface area is 272 Å². The summed E-state index contributed by atoms with van der Waals surface area (Å²) in [7, 11) is 0. The van der Waals surface area contributed by atoms with Crippen molar-refractivity contribution in [3.63, 3.8) is 0 Å². The van der Waals surface area contributed by atoms with Crippen LogP contribution in [-0.4, -0.2) is 51.8 Å². The van der Waals surface area contributed by atoms with Crippen molar-refractivity contribution >= 4 is 46.4 Å². The topological polar surface area (TPSA) is 190 Å². The van der Waals surface area contributed by atoms with Gasteiger partial charge in [-0.05, 0) is 48.6 Å². The number of non-ortho nitro benzene ring substituents is 2. The minimum Gasteiger partial charge on any atom is -0.491 e. The number of fused-ring (bicyclic) bond motifs is 4. The first-order valence-electron chi connectivity index (χ1n) is 15.4. The van der Waals surface area contributed by atoms with Gasteiger partial charge in [-0.15, -0.1) is 0 Å². The van der Waals surface area contributed by atoms with Crippen LogP contribution in [0.25, 0.3) is 0 Å². The van der Waals surface area contributed by atoms with E-state index >= 15 is 0 Å². The van der Waals surface area contributed by atoms with Crippen LogP contribution >= 0.6 is 0 Å². The van der Waals surface area contributed by atoms with Crippen LogP contribution in [0.4, 0.5) is 22.7 Å². The molecule has 1 N–H and O–H groups in total. The molecule has 0 bridgehead atoms. The smallest absolute Gasteiger partial charge is 0.271 e. The van der Waals surface area contributed by atoms with Gasteiger partial charge in [-0.25, -0.2) is 9.80 Å². The molecule has 7 rings (SSSR count). The first kappa shape index (κ1) is 30.9. The highest BCUT2D eigenvalue weighted by atomic mass is 16.6. The Kier molecular flexibility index (Phi) is 7.59. The SMILES string of the molecule is O=C1C2CC=C3C(CC4C(=O)N(c5cccc([N+](=O)[O-])c5)C(=O)C4C3c3ccc(OCCO)cc3)C2C(=O)N1c1cccc([N+](=O)[O-])c1. The fraction of sp³-hybridized carbons (Fsp3) is 0.294. The number of nitro groups is 2. The van der Waals surface area contributed by atoms with Crippen LogP contribution in [0.1, 0.15) is 24.3 Å². The van der Waals surface area contributed by atoms with Crippen molar-refractivity contribution in [2.24, 2.45) is 29.6 Å². The van der Waals surface area contributed by atoms with E-state index in [2.05, 4.69) is 0 Å². The highest BCUT2D eigenvalue weighted by molar-refractivity contribution is 6.24. The average molecular weight is 653 g/mol. The van der Waals surface area contributed by atoms with Crippen LogP contribution < -0.4 is 14.5 Å². The second kappa shape index (κ2) is 11.8. The van der Waals surface area contributed by atoms with E-state index in [0.717, 1.165) is 15.4 Å². The Balaban J connectivity index is 1.30. The number of amides is 4. The summed E-state index contributed by atoms with van der Waals surface area (Å²) in [4.78, 5) is 80.0. The molecular formula is C34H28N4O10. The predicted octanol–water partition coefficient (Wildman–Crippen LogP) is 3.92. The van der Waals surface area contributed by atoms with E-state index in [4.69, 9.17) is 9.84 Å². The summed E-state index contributed by atoms with van der Waals surface area (Å²) >= 11 is 0. The summed E-state index contributed by atoms with van der Waals surface area (Å²) in [6.07, 6.45) is 2.15. The van der Waals surface area contributed by atoms with Crippen molar-refractivity contribution in [2.45, 2.75) is 18.8 Å². The number of carbonyl (C=O) groups is 4. The number of hydrogen-bond donors (Lipinski definition) is 1. The van der Waals surface area contributed by atoms with Crippen molar-refractivity contribution in [3.8, 4) is 5.75 Å². The molecule has 6 unspecified atom stereocenters. The number of allylic oxidation sites excluding steroid dienone is 2. The summed E-state index contributed by atoms with van der Waals surface area (Å²) in [5.41, 5.74) is 1.01. The van der Waals surface area contributed by atoms with Crippen LogP contribution in [-0.2, 0) is 19.2 Å². The molecule has 4 aliphatic rings. The normalized spacial score (nSPS) is 26.1. The summed E-state index contributed by atoms with van der Waals surface area (Å²) < 4.78 is 5.52. The van der Waals surface area contributed by atoms with Gasteiger partial charge in [0.25, 0.3) is 11.4 Å². The Bertz CT molecular complexity index is 1920. The number of ether oxygens (including phenoxy) is 1. The van der Waals surface area contributed by atoms with Crippen LogP contribution in [0.2, 0.25) is 0 Å². The van der Waals surface area contributed by atoms with E-state index < -0.39 is 69.0 Å². The quantitative estimate of drug-likeness (QED) is 0.162. The molecule has 3 aromatic carbocycles. The van der Waals surface area contributed by atoms with E-state index in [0.29, 0.717) is 11.3 Å². The molecule has 0 aromatic heterocycles. The number of nitrogens with zero attached hydrogens (tertiary/aromatic N) is 4. The molecule has 14 nitrogen and oxygen atoms in total. The molecule has 0 spiro atoms. The number of aliphatic hydroxyl groups is 1. The minimum atomic E-state index is -0.900. The zero-order valence-electron chi connectivity index (χ0n) is 25.2. The fourth-order valence-corrected chi connectivity index (χ4v) is 7.90. The third kappa shape index (κ3) is 4.83. The predicted molar refractivity (Wildman–Crippen MR) is 168 cm³/mol. The highest BCUT2D eigenvalue weighted by Gasteiger charge is 2.62. The number of imide groups is 2. The maximum absolute atomic E-state index is 14.2. The number of rotatable bonds is 8. The highest BCUT2D eigenvalue weighted by Crippen LogP contribution is 2.58. The molecule has 2 aliphatic carbocycles. The summed E-state index contributed by atoms with van der Waals surface area (Å²) in [5, 5.41) is 32.1. The van der Waals surface area contributed by atoms with E-state index in [1.165, 1.54) is 48.5 Å². The zero-order chi connectivity index (χ0) is 33.9. The lowest BCUT2D eigenvalue weighted by molar-refractivity contribution is -0.385. The number of benzene rings is 3. The first-order chi connectivity index (χ1) is 23.1. The minimum absolute atomic E-state index is 0.0684. The second-order valence-corrected chi connectivity index (χ2v) is 12.2. The van der Waals surface area contributed by atoms with E-state index in [1.807, 2.05) is 6.08 Å². The van der Waals surface area contributed by atoms with E-state index in [9.17, 15) is 39.4 Å². The molecule has 2 heterocycles. The van der Waals surface area contributed by atoms with Crippen molar-refractivity contribution in [1.29, 1.82) is 0 Å². The number of carbonyl (C=O) groups excluding carboxylic acids is 4. The maximum atomic E-state index is 14.2. The summed E-state index contributed by atoms with van der Waals surface area (Å²) in [5.74, 6) is -6.32. The summed E-state index contributed by atoms with van der Waals surface area (Å²) in [6.45, 7) is -0.110. The molecule has 2 aliphatic heterocycles. The van der Waals surface area contributed by atoms with Crippen molar-refractivity contribution in [3.05, 3.63) is 110 Å². The number of aliphatic hydroxyl groups excluding tert-OH is 1. The lowest BCUT2D eigenvalue weighted by Gasteiger charge is -2.44. The Hall–Kier alpha value is -5.76. The van der Waals surface area contributed by atoms with Crippen LogP contribution in [0, 0.1) is 49.8 Å². The summed E-state index contributed by atoms with van der Waals surface area (Å²) in [6, 6.07) is 17.5. The van der Waals surface area contributed by atoms with Gasteiger partial charge in [0.2, 0.25) is 23.6 Å². The lowest BCUT2D eigenvalue weighted by Crippen LogP contribution is -2.43. The molecule has 14 heteroatoms. The maximum Gasteiger partial charge on any atom is 0.271 e. The zero-order valence-corrected chi connectivity index (χ0v) is 25.2. The van der Waals surface area contributed by atoms with Crippen molar-refractivity contribution in [1.82, 2.24) is 0 Å². The molecule has 0 radical (unpaired) electrons. The van der Waals surface area contributed by atoms with Crippen molar-refractivity contribution in [2.75, 3.05) is 23.0 Å². The molecule has 244 valence electrons. The Morgan fingerprint density at radius 3 is 1.85 bits per heavy atom. The lowest BCUT2D eigenvalue weighted by atomic mass is 9.57. The second-order valence-electron chi connectivity index (χ2n) is 12.2. The molecule has 3 aromatic rings. The van der Waals surface area contributed by atoms with Gasteiger partial charge in [-0.3, -0.25) is 39.4 Å². The molecule has 48 heavy (non-hydrogen) atoms.